The van der Waals surface area contributed by atoms with Crippen molar-refractivity contribution in [3.8, 4) is 0 Å². The second-order valence-electron chi connectivity index (χ2n) is 8.29. The number of amides is 1. The number of aromatic nitrogens is 5. The Morgan fingerprint density at radius 3 is 2.68 bits per heavy atom. The Bertz CT molecular complexity index is 808. The third-order valence-electron chi connectivity index (χ3n) is 5.06. The van der Waals surface area contributed by atoms with Crippen molar-refractivity contribution >= 4 is 5.91 Å². The van der Waals surface area contributed by atoms with Crippen molar-refractivity contribution < 1.29 is 4.79 Å². The average molecular weight is 342 g/mol. The van der Waals surface area contributed by atoms with Crippen LogP contribution < -0.4 is 5.32 Å². The van der Waals surface area contributed by atoms with Crippen LogP contribution in [0.3, 0.4) is 0 Å². The van der Waals surface area contributed by atoms with Gasteiger partial charge in [0.2, 0.25) is 0 Å². The largest absolute Gasteiger partial charge is 0.346 e. The van der Waals surface area contributed by atoms with Gasteiger partial charge in [0.15, 0.2) is 0 Å². The summed E-state index contributed by atoms with van der Waals surface area (Å²) >= 11 is 0. The summed E-state index contributed by atoms with van der Waals surface area (Å²) < 4.78 is 3.99. The number of hydrogen-bond donors (Lipinski definition) is 1. The van der Waals surface area contributed by atoms with Gasteiger partial charge in [0.25, 0.3) is 5.91 Å². The summed E-state index contributed by atoms with van der Waals surface area (Å²) in [5, 5.41) is 16.3. The van der Waals surface area contributed by atoms with Crippen LogP contribution in [0.4, 0.5) is 0 Å². The van der Waals surface area contributed by atoms with Crippen LogP contribution in [0.25, 0.3) is 0 Å². The van der Waals surface area contributed by atoms with E-state index in [4.69, 9.17) is 5.10 Å². The van der Waals surface area contributed by atoms with E-state index in [1.165, 1.54) is 12.8 Å². The van der Waals surface area contributed by atoms with Crippen LogP contribution in [0, 0.1) is 6.92 Å². The van der Waals surface area contributed by atoms with Crippen molar-refractivity contribution in [2.45, 2.75) is 77.4 Å². The Balaban J connectivity index is 1.54. The van der Waals surface area contributed by atoms with E-state index in [1.807, 2.05) is 17.7 Å². The molecule has 1 atom stereocenters. The van der Waals surface area contributed by atoms with Crippen molar-refractivity contribution in [2.75, 3.05) is 0 Å². The standard InChI is InChI=1S/C18H26N6O/c1-11-20-21-16-8-7-13(10-23(11)16)19-17(25)15-9-14(12-5-6-12)22-24(15)18(2,3)4/h9,12-13H,5-8,10H2,1-4H3,(H,19,25)/t13-/m1/s1. The third-order valence-corrected chi connectivity index (χ3v) is 5.06. The van der Waals surface area contributed by atoms with Crippen molar-refractivity contribution in [1.29, 1.82) is 0 Å². The number of carbonyl (C=O) groups excluding carboxylic acids is 1. The highest BCUT2D eigenvalue weighted by atomic mass is 16.2. The molecule has 134 valence electrons. The van der Waals surface area contributed by atoms with Crippen LogP contribution >= 0.6 is 0 Å². The molecule has 0 aromatic carbocycles. The fourth-order valence-corrected chi connectivity index (χ4v) is 3.49. The molecule has 1 aliphatic carbocycles. The van der Waals surface area contributed by atoms with E-state index in [-0.39, 0.29) is 17.5 Å². The molecule has 1 saturated carbocycles. The lowest BCUT2D eigenvalue weighted by Crippen LogP contribution is -2.42. The monoisotopic (exact) mass is 342 g/mol. The first-order valence-electron chi connectivity index (χ1n) is 9.13. The number of nitrogens with zero attached hydrogens (tertiary/aromatic N) is 5. The maximum Gasteiger partial charge on any atom is 0.269 e. The molecule has 2 aliphatic rings. The van der Waals surface area contributed by atoms with Gasteiger partial charge < -0.3 is 9.88 Å². The first-order chi connectivity index (χ1) is 11.8. The van der Waals surface area contributed by atoms with Crippen LogP contribution in [-0.4, -0.2) is 36.5 Å². The highest BCUT2D eigenvalue weighted by molar-refractivity contribution is 5.93. The second kappa shape index (κ2) is 5.68. The van der Waals surface area contributed by atoms with Gasteiger partial charge in [-0.05, 0) is 53.0 Å². The predicted octanol–water partition coefficient (Wildman–Crippen LogP) is 2.16. The molecule has 7 nitrogen and oxygen atoms in total. The minimum Gasteiger partial charge on any atom is -0.346 e. The summed E-state index contributed by atoms with van der Waals surface area (Å²) in [4.78, 5) is 13.0. The minimum absolute atomic E-state index is 0.0338. The fraction of sp³-hybridized carbons (Fsp3) is 0.667. The van der Waals surface area contributed by atoms with Gasteiger partial charge in [-0.1, -0.05) is 0 Å². The van der Waals surface area contributed by atoms with Gasteiger partial charge >= 0.3 is 0 Å². The molecule has 1 aliphatic heterocycles. The van der Waals surface area contributed by atoms with Gasteiger partial charge in [0.05, 0.1) is 11.2 Å². The van der Waals surface area contributed by atoms with Gasteiger partial charge in [-0.25, -0.2) is 0 Å². The molecule has 2 aromatic rings. The molecule has 0 radical (unpaired) electrons. The van der Waals surface area contributed by atoms with E-state index in [2.05, 4.69) is 40.9 Å². The van der Waals surface area contributed by atoms with E-state index < -0.39 is 0 Å². The molecule has 1 N–H and O–H groups in total. The van der Waals surface area contributed by atoms with Crippen molar-refractivity contribution in [3.63, 3.8) is 0 Å². The molecule has 3 heterocycles. The maximum absolute atomic E-state index is 13.0. The molecular formula is C18H26N6O. The SMILES string of the molecule is Cc1nnc2n1C[C@H](NC(=O)c1cc(C3CC3)nn1C(C)(C)C)CC2. The number of carbonyl (C=O) groups is 1. The van der Waals surface area contributed by atoms with Gasteiger partial charge in [0, 0.05) is 24.9 Å². The molecule has 0 saturated heterocycles. The van der Waals surface area contributed by atoms with Crippen molar-refractivity contribution in [1.82, 2.24) is 29.9 Å². The second-order valence-corrected chi connectivity index (χ2v) is 8.29. The number of fused-ring (bicyclic) bond motifs is 1. The quantitative estimate of drug-likeness (QED) is 0.927. The lowest BCUT2D eigenvalue weighted by Gasteiger charge is -2.26. The Hall–Kier alpha value is -2.18. The summed E-state index contributed by atoms with van der Waals surface area (Å²) in [5.41, 5.74) is 1.51. The van der Waals surface area contributed by atoms with E-state index in [1.54, 1.807) is 0 Å². The normalized spacial score (nSPS) is 20.4. The zero-order chi connectivity index (χ0) is 17.8. The van der Waals surface area contributed by atoms with Crippen LogP contribution in [-0.2, 0) is 18.5 Å². The summed E-state index contributed by atoms with van der Waals surface area (Å²) in [6.45, 7) is 8.94. The first-order valence-corrected chi connectivity index (χ1v) is 9.13. The highest BCUT2D eigenvalue weighted by Crippen LogP contribution is 2.40. The Morgan fingerprint density at radius 2 is 2.00 bits per heavy atom. The van der Waals surface area contributed by atoms with Gasteiger partial charge in [-0.15, -0.1) is 10.2 Å². The lowest BCUT2D eigenvalue weighted by molar-refractivity contribution is 0.0908. The van der Waals surface area contributed by atoms with Crippen molar-refractivity contribution in [3.05, 3.63) is 29.1 Å². The topological polar surface area (TPSA) is 77.6 Å². The molecule has 1 amide bonds. The summed E-state index contributed by atoms with van der Waals surface area (Å²) in [6, 6.07) is 2.08. The Morgan fingerprint density at radius 1 is 1.24 bits per heavy atom. The Kier molecular flexibility index (Phi) is 3.70. The number of rotatable bonds is 3. The number of aryl methyl sites for hydroxylation is 2. The van der Waals surface area contributed by atoms with Gasteiger partial charge in [-0.2, -0.15) is 5.10 Å². The summed E-state index contributed by atoms with van der Waals surface area (Å²) in [7, 11) is 0. The van der Waals surface area contributed by atoms with Crippen molar-refractivity contribution in [2.24, 2.45) is 0 Å². The molecule has 7 heteroatoms. The van der Waals surface area contributed by atoms with Crippen LogP contribution in [0.2, 0.25) is 0 Å². The molecule has 0 bridgehead atoms. The van der Waals surface area contributed by atoms with E-state index in [9.17, 15) is 4.79 Å². The first kappa shape index (κ1) is 16.3. The molecule has 0 spiro atoms. The molecule has 0 unspecified atom stereocenters. The van der Waals surface area contributed by atoms with Gasteiger partial charge in [-0.3, -0.25) is 9.48 Å². The Labute approximate surface area is 147 Å². The fourth-order valence-electron chi connectivity index (χ4n) is 3.49. The molecule has 2 aromatic heterocycles. The summed E-state index contributed by atoms with van der Waals surface area (Å²) in [5.74, 6) is 2.42. The minimum atomic E-state index is -0.218. The van der Waals surface area contributed by atoms with Gasteiger partial charge in [0.1, 0.15) is 17.3 Å². The molecule has 4 rings (SSSR count). The van der Waals surface area contributed by atoms with Crippen LogP contribution in [0.1, 0.15) is 73.8 Å². The number of hydrogen-bond acceptors (Lipinski definition) is 4. The average Bonchev–Trinajstić information content (AvgIpc) is 3.18. The zero-order valence-corrected chi connectivity index (χ0v) is 15.4. The zero-order valence-electron chi connectivity index (χ0n) is 15.4. The molecular weight excluding hydrogens is 316 g/mol. The van der Waals surface area contributed by atoms with E-state index >= 15 is 0 Å². The lowest BCUT2D eigenvalue weighted by atomic mass is 10.1. The van der Waals surface area contributed by atoms with Crippen LogP contribution in [0.15, 0.2) is 6.07 Å². The van der Waals surface area contributed by atoms with Crippen LogP contribution in [0.5, 0.6) is 0 Å². The predicted molar refractivity (Wildman–Crippen MR) is 93.5 cm³/mol. The van der Waals surface area contributed by atoms with E-state index in [0.717, 1.165) is 36.7 Å². The smallest absolute Gasteiger partial charge is 0.269 e. The highest BCUT2D eigenvalue weighted by Gasteiger charge is 2.32. The number of nitrogens with one attached hydrogen (secondary N) is 1. The maximum atomic E-state index is 13.0. The third kappa shape index (κ3) is 3.07. The van der Waals surface area contributed by atoms with E-state index in [0.29, 0.717) is 11.6 Å². The summed E-state index contributed by atoms with van der Waals surface area (Å²) in [6.07, 6.45) is 4.10. The molecule has 1 fully saturated rings. The molecule has 25 heavy (non-hydrogen) atoms.